The van der Waals surface area contributed by atoms with Gasteiger partial charge in [-0.1, -0.05) is 0 Å². The van der Waals surface area contributed by atoms with Gasteiger partial charge in [-0.3, -0.25) is 4.79 Å². The van der Waals surface area contributed by atoms with Crippen LogP contribution in [0.1, 0.15) is 46.5 Å². The molecule has 0 saturated carbocycles. The highest BCUT2D eigenvalue weighted by Gasteiger charge is 2.33. The second-order valence-electron chi connectivity index (χ2n) is 8.03. The SMILES string of the molecule is COC(=O)c1c(NC(=O)C2CCN(S(=O)(=O)c3ccc(F)cc3)CC2)sc2c1CCCC2. The summed E-state index contributed by atoms with van der Waals surface area (Å²) >= 11 is 1.43. The van der Waals surface area contributed by atoms with Crippen molar-refractivity contribution in [3.8, 4) is 0 Å². The normalized spacial score (nSPS) is 17.6. The summed E-state index contributed by atoms with van der Waals surface area (Å²) in [5.74, 6) is -1.52. The van der Waals surface area contributed by atoms with Crippen LogP contribution in [0.5, 0.6) is 0 Å². The lowest BCUT2D eigenvalue weighted by Crippen LogP contribution is -2.41. The van der Waals surface area contributed by atoms with Crippen LogP contribution in [0.3, 0.4) is 0 Å². The molecule has 2 heterocycles. The van der Waals surface area contributed by atoms with Crippen LogP contribution >= 0.6 is 11.3 Å². The molecule has 0 spiro atoms. The molecule has 1 amide bonds. The Morgan fingerprint density at radius 2 is 1.78 bits per heavy atom. The number of nitrogens with one attached hydrogen (secondary N) is 1. The van der Waals surface area contributed by atoms with E-state index < -0.39 is 21.8 Å². The van der Waals surface area contributed by atoms with E-state index in [0.29, 0.717) is 23.4 Å². The number of esters is 1. The van der Waals surface area contributed by atoms with Crippen molar-refractivity contribution in [2.24, 2.45) is 5.92 Å². The van der Waals surface area contributed by atoms with E-state index in [1.165, 1.54) is 34.9 Å². The highest BCUT2D eigenvalue weighted by Crippen LogP contribution is 2.39. The van der Waals surface area contributed by atoms with Gasteiger partial charge in [0.25, 0.3) is 0 Å². The van der Waals surface area contributed by atoms with Crippen LogP contribution in [0.2, 0.25) is 0 Å². The Labute approximate surface area is 190 Å². The fourth-order valence-corrected chi connectivity index (χ4v) is 7.05. The van der Waals surface area contributed by atoms with Gasteiger partial charge in [-0.15, -0.1) is 11.3 Å². The number of amides is 1. The van der Waals surface area contributed by atoms with E-state index in [0.717, 1.165) is 48.3 Å². The number of piperidine rings is 1. The predicted molar refractivity (Wildman–Crippen MR) is 119 cm³/mol. The highest BCUT2D eigenvalue weighted by molar-refractivity contribution is 7.89. The molecule has 2 aromatic rings. The van der Waals surface area contributed by atoms with E-state index in [4.69, 9.17) is 4.74 Å². The van der Waals surface area contributed by atoms with Gasteiger partial charge in [0, 0.05) is 23.9 Å². The Balaban J connectivity index is 1.44. The Hall–Kier alpha value is -2.30. The van der Waals surface area contributed by atoms with Gasteiger partial charge >= 0.3 is 5.97 Å². The molecule has 1 aliphatic heterocycles. The van der Waals surface area contributed by atoms with E-state index in [9.17, 15) is 22.4 Å². The molecule has 1 aromatic heterocycles. The number of methoxy groups -OCH3 is 1. The minimum absolute atomic E-state index is 0.0358. The first kappa shape index (κ1) is 22.9. The number of carbonyl (C=O) groups is 2. The summed E-state index contributed by atoms with van der Waals surface area (Å²) in [6, 6.07) is 4.73. The van der Waals surface area contributed by atoms with E-state index in [1.807, 2.05) is 0 Å². The summed E-state index contributed by atoms with van der Waals surface area (Å²) < 4.78 is 45.0. The standard InChI is InChI=1S/C22H25FN2O5S2/c1-30-22(27)19-17-4-2-3-5-18(17)31-21(19)24-20(26)14-10-12-25(13-11-14)32(28,29)16-8-6-15(23)7-9-16/h6-9,14H,2-5,10-13H2,1H3,(H,24,26). The number of fused-ring (bicyclic) bond motifs is 1. The first-order valence-corrected chi connectivity index (χ1v) is 12.9. The largest absolute Gasteiger partial charge is 0.465 e. The molecule has 1 aromatic carbocycles. The number of carbonyl (C=O) groups excluding carboxylic acids is 2. The van der Waals surface area contributed by atoms with Crippen LogP contribution in [0.25, 0.3) is 0 Å². The third-order valence-electron chi connectivity index (χ3n) is 6.07. The third kappa shape index (κ3) is 4.44. The number of benzene rings is 1. The summed E-state index contributed by atoms with van der Waals surface area (Å²) in [6.07, 6.45) is 4.48. The van der Waals surface area contributed by atoms with Gasteiger partial charge in [-0.05, 0) is 68.4 Å². The van der Waals surface area contributed by atoms with Crippen LogP contribution < -0.4 is 5.32 Å². The molecule has 10 heteroatoms. The molecular formula is C22H25FN2O5S2. The van der Waals surface area contributed by atoms with Gasteiger partial charge in [-0.25, -0.2) is 17.6 Å². The number of aryl methyl sites for hydroxylation is 1. The molecule has 7 nitrogen and oxygen atoms in total. The van der Waals surface area contributed by atoms with Crippen molar-refractivity contribution in [1.29, 1.82) is 0 Å². The van der Waals surface area contributed by atoms with Crippen molar-refractivity contribution in [2.75, 3.05) is 25.5 Å². The number of rotatable bonds is 5. The minimum atomic E-state index is -3.73. The fraction of sp³-hybridized carbons (Fsp3) is 0.455. The zero-order valence-electron chi connectivity index (χ0n) is 17.7. The van der Waals surface area contributed by atoms with E-state index in [2.05, 4.69) is 5.32 Å². The van der Waals surface area contributed by atoms with Gasteiger partial charge in [0.1, 0.15) is 10.8 Å². The summed E-state index contributed by atoms with van der Waals surface area (Å²) in [5, 5.41) is 3.44. The molecule has 0 atom stereocenters. The summed E-state index contributed by atoms with van der Waals surface area (Å²) in [6.45, 7) is 0.394. The number of hydrogen-bond acceptors (Lipinski definition) is 6. The van der Waals surface area contributed by atoms with Crippen LogP contribution in [0.4, 0.5) is 9.39 Å². The highest BCUT2D eigenvalue weighted by atomic mass is 32.2. The smallest absolute Gasteiger partial charge is 0.341 e. The summed E-state index contributed by atoms with van der Waals surface area (Å²) in [5.41, 5.74) is 1.43. The molecule has 0 unspecified atom stereocenters. The molecular weight excluding hydrogens is 455 g/mol. The Bertz CT molecular complexity index is 1120. The Morgan fingerprint density at radius 1 is 1.12 bits per heavy atom. The lowest BCUT2D eigenvalue weighted by molar-refractivity contribution is -0.120. The van der Waals surface area contributed by atoms with Crippen LogP contribution in [0.15, 0.2) is 29.2 Å². The minimum Gasteiger partial charge on any atom is -0.465 e. The molecule has 172 valence electrons. The first-order chi connectivity index (χ1) is 15.3. The monoisotopic (exact) mass is 480 g/mol. The topological polar surface area (TPSA) is 92.8 Å². The third-order valence-corrected chi connectivity index (χ3v) is 9.19. The molecule has 32 heavy (non-hydrogen) atoms. The zero-order chi connectivity index (χ0) is 22.9. The predicted octanol–water partition coefficient (Wildman–Crippen LogP) is 3.59. The van der Waals surface area contributed by atoms with Crippen molar-refractivity contribution in [2.45, 2.75) is 43.4 Å². The molecule has 1 saturated heterocycles. The maximum atomic E-state index is 13.1. The summed E-state index contributed by atoms with van der Waals surface area (Å²) in [4.78, 5) is 26.5. The molecule has 0 bridgehead atoms. The maximum absolute atomic E-state index is 13.1. The second kappa shape index (κ2) is 9.29. The number of sulfonamides is 1. The number of nitrogens with zero attached hydrogens (tertiary/aromatic N) is 1. The molecule has 1 fully saturated rings. The molecule has 2 aliphatic rings. The van der Waals surface area contributed by atoms with E-state index in [1.54, 1.807) is 0 Å². The number of halogens is 1. The van der Waals surface area contributed by atoms with Gasteiger partial charge < -0.3 is 10.1 Å². The average molecular weight is 481 g/mol. The maximum Gasteiger partial charge on any atom is 0.341 e. The van der Waals surface area contributed by atoms with Crippen molar-refractivity contribution in [3.63, 3.8) is 0 Å². The Morgan fingerprint density at radius 3 is 2.44 bits per heavy atom. The lowest BCUT2D eigenvalue weighted by atomic mass is 9.95. The van der Waals surface area contributed by atoms with Crippen LogP contribution in [0, 0.1) is 11.7 Å². The first-order valence-electron chi connectivity index (χ1n) is 10.6. The van der Waals surface area contributed by atoms with Crippen molar-refractivity contribution < 1.29 is 27.1 Å². The number of anilines is 1. The molecule has 1 N–H and O–H groups in total. The molecule has 1 aliphatic carbocycles. The van der Waals surface area contributed by atoms with Gasteiger partial charge in [0.15, 0.2) is 0 Å². The lowest BCUT2D eigenvalue weighted by Gasteiger charge is -2.30. The van der Waals surface area contributed by atoms with Gasteiger partial charge in [-0.2, -0.15) is 4.31 Å². The van der Waals surface area contributed by atoms with Gasteiger partial charge in [0.2, 0.25) is 15.9 Å². The number of thiophene rings is 1. The average Bonchev–Trinajstić information content (AvgIpc) is 3.16. The van der Waals surface area contributed by atoms with Crippen LogP contribution in [-0.4, -0.2) is 44.8 Å². The van der Waals surface area contributed by atoms with Gasteiger partial charge in [0.05, 0.1) is 17.6 Å². The molecule has 0 radical (unpaired) electrons. The quantitative estimate of drug-likeness (QED) is 0.661. The second-order valence-corrected chi connectivity index (χ2v) is 11.1. The fourth-order valence-electron chi connectivity index (χ4n) is 4.30. The number of ether oxygens (including phenoxy) is 1. The van der Waals surface area contributed by atoms with Crippen LogP contribution in [-0.2, 0) is 32.4 Å². The van der Waals surface area contributed by atoms with E-state index in [-0.39, 0.29) is 29.8 Å². The zero-order valence-corrected chi connectivity index (χ0v) is 19.4. The summed E-state index contributed by atoms with van der Waals surface area (Å²) in [7, 11) is -2.40. The number of hydrogen-bond donors (Lipinski definition) is 1. The van der Waals surface area contributed by atoms with Crippen molar-refractivity contribution in [1.82, 2.24) is 4.31 Å². The van der Waals surface area contributed by atoms with E-state index >= 15 is 0 Å². The van der Waals surface area contributed by atoms with Crippen molar-refractivity contribution >= 4 is 38.2 Å². The van der Waals surface area contributed by atoms with Crippen molar-refractivity contribution in [3.05, 3.63) is 46.1 Å². The molecule has 4 rings (SSSR count). The Kier molecular flexibility index (Phi) is 6.64.